The van der Waals surface area contributed by atoms with Crippen LogP contribution in [0.15, 0.2) is 53.0 Å². The van der Waals surface area contributed by atoms with E-state index in [2.05, 4.69) is 15.9 Å². The predicted octanol–water partition coefficient (Wildman–Crippen LogP) is 3.34. The summed E-state index contributed by atoms with van der Waals surface area (Å²) in [7, 11) is 0. The van der Waals surface area contributed by atoms with Gasteiger partial charge in [0.15, 0.2) is 0 Å². The molecular formula is C17H18BrFO2. The van der Waals surface area contributed by atoms with Crippen molar-refractivity contribution in [3.05, 3.63) is 69.9 Å². The molecule has 2 rings (SSSR count). The zero-order chi connectivity index (χ0) is 15.3. The van der Waals surface area contributed by atoms with Crippen LogP contribution in [0.1, 0.15) is 11.1 Å². The fourth-order valence-electron chi connectivity index (χ4n) is 2.43. The smallest absolute Gasteiger partial charge is 0.127 e. The van der Waals surface area contributed by atoms with E-state index in [4.69, 9.17) is 0 Å². The van der Waals surface area contributed by atoms with Gasteiger partial charge in [-0.3, -0.25) is 0 Å². The van der Waals surface area contributed by atoms with Gasteiger partial charge in [0.2, 0.25) is 0 Å². The number of rotatable bonds is 6. The third-order valence-corrected chi connectivity index (χ3v) is 4.17. The van der Waals surface area contributed by atoms with Crippen LogP contribution in [0.2, 0.25) is 0 Å². The highest BCUT2D eigenvalue weighted by molar-refractivity contribution is 9.10. The fourth-order valence-corrected chi connectivity index (χ4v) is 2.77. The molecule has 0 fully saturated rings. The molecule has 0 atom stereocenters. The summed E-state index contributed by atoms with van der Waals surface area (Å²) in [5, 5.41) is 19.5. The molecule has 2 nitrogen and oxygen atoms in total. The number of hydrogen-bond donors (Lipinski definition) is 2. The number of halogens is 2. The molecule has 0 aliphatic rings. The molecule has 0 unspecified atom stereocenters. The standard InChI is InChI=1S/C17H18BrFO2/c18-15-7-6-14(16(19)8-15)10-17(11-20,12-21)9-13-4-2-1-3-5-13/h1-8,20-21H,9-12H2. The highest BCUT2D eigenvalue weighted by atomic mass is 79.9. The van der Waals surface area contributed by atoms with Crippen LogP contribution in [0.4, 0.5) is 4.39 Å². The quantitative estimate of drug-likeness (QED) is 0.836. The van der Waals surface area contributed by atoms with Crippen molar-refractivity contribution >= 4 is 15.9 Å². The molecular weight excluding hydrogens is 335 g/mol. The number of benzene rings is 2. The zero-order valence-electron chi connectivity index (χ0n) is 11.6. The zero-order valence-corrected chi connectivity index (χ0v) is 13.2. The van der Waals surface area contributed by atoms with E-state index in [1.165, 1.54) is 6.07 Å². The van der Waals surface area contributed by atoms with Crippen LogP contribution in [-0.4, -0.2) is 23.4 Å². The van der Waals surface area contributed by atoms with E-state index < -0.39 is 5.41 Å². The summed E-state index contributed by atoms with van der Waals surface area (Å²) >= 11 is 3.23. The van der Waals surface area contributed by atoms with Crippen LogP contribution in [0.25, 0.3) is 0 Å². The molecule has 112 valence electrons. The second-order valence-corrected chi connectivity index (χ2v) is 6.31. The first-order valence-corrected chi connectivity index (χ1v) is 7.57. The van der Waals surface area contributed by atoms with Gasteiger partial charge in [0.05, 0.1) is 13.2 Å². The maximum absolute atomic E-state index is 14.0. The first-order valence-electron chi connectivity index (χ1n) is 6.78. The molecule has 0 saturated carbocycles. The van der Waals surface area contributed by atoms with Gasteiger partial charge in [-0.15, -0.1) is 0 Å². The molecule has 2 aromatic rings. The van der Waals surface area contributed by atoms with E-state index in [0.29, 0.717) is 16.5 Å². The van der Waals surface area contributed by atoms with E-state index in [1.54, 1.807) is 12.1 Å². The van der Waals surface area contributed by atoms with Crippen molar-refractivity contribution in [2.45, 2.75) is 12.8 Å². The van der Waals surface area contributed by atoms with Crippen LogP contribution in [0.3, 0.4) is 0 Å². The van der Waals surface area contributed by atoms with E-state index in [-0.39, 0.29) is 25.5 Å². The average molecular weight is 353 g/mol. The molecule has 4 heteroatoms. The van der Waals surface area contributed by atoms with Gasteiger partial charge in [-0.05, 0) is 36.1 Å². The van der Waals surface area contributed by atoms with Crippen LogP contribution in [0.5, 0.6) is 0 Å². The SMILES string of the molecule is OCC(CO)(Cc1ccccc1)Cc1ccc(Br)cc1F. The van der Waals surface area contributed by atoms with Gasteiger partial charge >= 0.3 is 0 Å². The molecule has 0 aliphatic carbocycles. The van der Waals surface area contributed by atoms with Gasteiger partial charge in [-0.25, -0.2) is 4.39 Å². The van der Waals surface area contributed by atoms with Gasteiger partial charge < -0.3 is 10.2 Å². The Morgan fingerprint density at radius 1 is 0.952 bits per heavy atom. The maximum atomic E-state index is 14.0. The first-order chi connectivity index (χ1) is 10.1. The summed E-state index contributed by atoms with van der Waals surface area (Å²) in [4.78, 5) is 0. The summed E-state index contributed by atoms with van der Waals surface area (Å²) in [5.74, 6) is -0.330. The molecule has 2 aromatic carbocycles. The largest absolute Gasteiger partial charge is 0.396 e. The third kappa shape index (κ3) is 4.13. The van der Waals surface area contributed by atoms with Gasteiger partial charge in [-0.1, -0.05) is 52.3 Å². The summed E-state index contributed by atoms with van der Waals surface area (Å²) in [6.07, 6.45) is 0.782. The third-order valence-electron chi connectivity index (χ3n) is 3.67. The topological polar surface area (TPSA) is 40.5 Å². The van der Waals surface area contributed by atoms with Crippen molar-refractivity contribution in [1.82, 2.24) is 0 Å². The van der Waals surface area contributed by atoms with Crippen LogP contribution in [-0.2, 0) is 12.8 Å². The summed E-state index contributed by atoms with van der Waals surface area (Å²) in [6.45, 7) is -0.401. The lowest BCUT2D eigenvalue weighted by Crippen LogP contribution is -2.35. The molecule has 0 saturated heterocycles. The Balaban J connectivity index is 2.25. The first kappa shape index (κ1) is 16.1. The van der Waals surface area contributed by atoms with E-state index >= 15 is 0 Å². The predicted molar refractivity (Wildman–Crippen MR) is 84.6 cm³/mol. The summed E-state index contributed by atoms with van der Waals surface area (Å²) in [6, 6.07) is 14.5. The molecule has 2 N–H and O–H groups in total. The lowest BCUT2D eigenvalue weighted by atomic mass is 9.78. The second kappa shape index (κ2) is 7.16. The lowest BCUT2D eigenvalue weighted by molar-refractivity contribution is 0.0541. The molecule has 0 heterocycles. The maximum Gasteiger partial charge on any atom is 0.127 e. The van der Waals surface area contributed by atoms with E-state index in [9.17, 15) is 14.6 Å². The van der Waals surface area contributed by atoms with Crippen LogP contribution in [0, 0.1) is 11.2 Å². The Bertz CT molecular complexity index is 583. The van der Waals surface area contributed by atoms with Crippen molar-refractivity contribution in [2.24, 2.45) is 5.41 Å². The van der Waals surface area contributed by atoms with Crippen LogP contribution >= 0.6 is 15.9 Å². The summed E-state index contributed by atoms with van der Waals surface area (Å²) < 4.78 is 14.7. The van der Waals surface area contributed by atoms with Crippen LogP contribution < -0.4 is 0 Å². The van der Waals surface area contributed by atoms with Crippen molar-refractivity contribution < 1.29 is 14.6 Å². The van der Waals surface area contributed by atoms with Gasteiger partial charge in [0.25, 0.3) is 0 Å². The molecule has 0 bridgehead atoms. The second-order valence-electron chi connectivity index (χ2n) is 5.39. The Hall–Kier alpha value is -1.23. The Labute approximate surface area is 132 Å². The average Bonchev–Trinajstić information content (AvgIpc) is 2.50. The normalized spacial score (nSPS) is 11.6. The van der Waals surface area contributed by atoms with Crippen molar-refractivity contribution in [1.29, 1.82) is 0 Å². The van der Waals surface area contributed by atoms with E-state index in [1.807, 2.05) is 30.3 Å². The van der Waals surface area contributed by atoms with Gasteiger partial charge in [0.1, 0.15) is 5.82 Å². The summed E-state index contributed by atoms with van der Waals surface area (Å²) in [5.41, 5.74) is 0.742. The van der Waals surface area contributed by atoms with Gasteiger partial charge in [0, 0.05) is 9.89 Å². The number of aliphatic hydroxyl groups is 2. The minimum atomic E-state index is -0.768. The monoisotopic (exact) mass is 352 g/mol. The van der Waals surface area contributed by atoms with Crippen molar-refractivity contribution in [3.8, 4) is 0 Å². The molecule has 0 spiro atoms. The molecule has 0 aliphatic heterocycles. The Morgan fingerprint density at radius 2 is 1.62 bits per heavy atom. The minimum Gasteiger partial charge on any atom is -0.396 e. The Morgan fingerprint density at radius 3 is 2.19 bits per heavy atom. The molecule has 0 radical (unpaired) electrons. The highest BCUT2D eigenvalue weighted by Gasteiger charge is 2.30. The molecule has 21 heavy (non-hydrogen) atoms. The minimum absolute atomic E-state index is 0.200. The molecule has 0 amide bonds. The highest BCUT2D eigenvalue weighted by Crippen LogP contribution is 2.29. The fraction of sp³-hybridized carbons (Fsp3) is 0.294. The van der Waals surface area contributed by atoms with Gasteiger partial charge in [-0.2, -0.15) is 0 Å². The molecule has 0 aromatic heterocycles. The Kier molecular flexibility index (Phi) is 5.51. The number of hydrogen-bond acceptors (Lipinski definition) is 2. The van der Waals surface area contributed by atoms with E-state index in [0.717, 1.165) is 5.56 Å². The number of aliphatic hydroxyl groups excluding tert-OH is 2. The van der Waals surface area contributed by atoms with Crippen molar-refractivity contribution in [2.75, 3.05) is 13.2 Å². The van der Waals surface area contributed by atoms with Crippen molar-refractivity contribution in [3.63, 3.8) is 0 Å². The lowest BCUT2D eigenvalue weighted by Gasteiger charge is -2.30.